The monoisotopic (exact) mass is 458 g/mol. The standard InChI is InChI=1S/C21H13F3N4O5/c22-21(23,24)33-14-6-1-3-11(9-14)18(29)26-12-4-2-5-13(10-12)32-15-7-8-25-17-16(15)27-19(30)20(31)28-17/h1-10H,(H,26,29)(H,27,30)(H,25,28,31). The highest BCUT2D eigenvalue weighted by molar-refractivity contribution is 6.04. The van der Waals surface area contributed by atoms with E-state index in [9.17, 15) is 27.6 Å². The minimum atomic E-state index is -4.88. The quantitative estimate of drug-likeness (QED) is 0.393. The number of rotatable bonds is 5. The largest absolute Gasteiger partial charge is 0.573 e. The average Bonchev–Trinajstić information content (AvgIpc) is 2.74. The number of hydrogen-bond acceptors (Lipinski definition) is 6. The average molecular weight is 458 g/mol. The van der Waals surface area contributed by atoms with Crippen LogP contribution in [0.5, 0.6) is 17.2 Å². The van der Waals surface area contributed by atoms with E-state index in [1.54, 1.807) is 18.2 Å². The van der Waals surface area contributed by atoms with Crippen molar-refractivity contribution in [2.45, 2.75) is 6.36 Å². The van der Waals surface area contributed by atoms with Gasteiger partial charge in [0, 0.05) is 29.6 Å². The summed E-state index contributed by atoms with van der Waals surface area (Å²) in [6.07, 6.45) is -3.51. The number of fused-ring (bicyclic) bond motifs is 1. The molecule has 4 aromatic rings. The topological polar surface area (TPSA) is 126 Å². The fourth-order valence-electron chi connectivity index (χ4n) is 2.88. The number of ether oxygens (including phenoxy) is 2. The molecule has 0 aliphatic carbocycles. The summed E-state index contributed by atoms with van der Waals surface area (Å²) in [7, 11) is 0. The molecule has 3 N–H and O–H groups in total. The van der Waals surface area contributed by atoms with E-state index >= 15 is 0 Å². The number of aromatic amines is 2. The molecule has 0 aliphatic rings. The van der Waals surface area contributed by atoms with Crippen molar-refractivity contribution in [1.29, 1.82) is 0 Å². The highest BCUT2D eigenvalue weighted by Gasteiger charge is 2.31. The molecular formula is C21H13F3N4O5. The predicted molar refractivity (Wildman–Crippen MR) is 111 cm³/mol. The van der Waals surface area contributed by atoms with Crippen molar-refractivity contribution in [1.82, 2.24) is 15.0 Å². The summed E-state index contributed by atoms with van der Waals surface area (Å²) in [5.41, 5.74) is -1.22. The molecule has 1 amide bonds. The van der Waals surface area contributed by atoms with Gasteiger partial charge in [0.25, 0.3) is 5.91 Å². The third-order valence-electron chi connectivity index (χ3n) is 4.24. The van der Waals surface area contributed by atoms with E-state index in [2.05, 4.69) is 25.0 Å². The Bertz CT molecular complexity index is 1460. The van der Waals surface area contributed by atoms with Crippen LogP contribution < -0.4 is 25.9 Å². The van der Waals surface area contributed by atoms with Gasteiger partial charge in [-0.2, -0.15) is 0 Å². The molecule has 33 heavy (non-hydrogen) atoms. The zero-order valence-corrected chi connectivity index (χ0v) is 16.4. The number of alkyl halides is 3. The van der Waals surface area contributed by atoms with Crippen LogP contribution in [0.25, 0.3) is 11.2 Å². The second-order valence-electron chi connectivity index (χ2n) is 6.60. The zero-order chi connectivity index (χ0) is 23.6. The molecule has 4 rings (SSSR count). The molecule has 12 heteroatoms. The number of anilines is 1. The van der Waals surface area contributed by atoms with Gasteiger partial charge in [-0.1, -0.05) is 12.1 Å². The minimum Gasteiger partial charge on any atom is -0.455 e. The maximum Gasteiger partial charge on any atom is 0.573 e. The van der Waals surface area contributed by atoms with Gasteiger partial charge < -0.3 is 24.8 Å². The molecule has 0 radical (unpaired) electrons. The predicted octanol–water partition coefficient (Wildman–Crippen LogP) is 3.55. The van der Waals surface area contributed by atoms with Crippen LogP contribution in [-0.4, -0.2) is 27.2 Å². The summed E-state index contributed by atoms with van der Waals surface area (Å²) >= 11 is 0. The highest BCUT2D eigenvalue weighted by Crippen LogP contribution is 2.28. The van der Waals surface area contributed by atoms with E-state index in [0.717, 1.165) is 12.1 Å². The van der Waals surface area contributed by atoms with Crippen molar-refractivity contribution < 1.29 is 27.4 Å². The SMILES string of the molecule is O=C(Nc1cccc(Oc2ccnc3[nH]c(=O)c(=O)[nH]c23)c1)c1cccc(OC(F)(F)F)c1. The van der Waals surface area contributed by atoms with Crippen molar-refractivity contribution in [2.75, 3.05) is 5.32 Å². The van der Waals surface area contributed by atoms with Gasteiger partial charge in [0.2, 0.25) is 0 Å². The first-order valence-corrected chi connectivity index (χ1v) is 9.24. The van der Waals surface area contributed by atoms with Gasteiger partial charge in [0.1, 0.15) is 17.0 Å². The lowest BCUT2D eigenvalue weighted by Gasteiger charge is -2.11. The number of pyridine rings is 1. The van der Waals surface area contributed by atoms with Crippen molar-refractivity contribution >= 4 is 22.8 Å². The van der Waals surface area contributed by atoms with Crippen LogP contribution in [-0.2, 0) is 0 Å². The van der Waals surface area contributed by atoms with Gasteiger partial charge in [-0.05, 0) is 30.3 Å². The molecule has 2 aromatic carbocycles. The van der Waals surface area contributed by atoms with Crippen molar-refractivity contribution in [2.24, 2.45) is 0 Å². The molecule has 0 bridgehead atoms. The summed E-state index contributed by atoms with van der Waals surface area (Å²) < 4.78 is 46.8. The molecule has 0 fully saturated rings. The number of halogens is 3. The number of nitrogens with zero attached hydrogens (tertiary/aromatic N) is 1. The van der Waals surface area contributed by atoms with E-state index in [1.165, 1.54) is 30.5 Å². The van der Waals surface area contributed by atoms with Crippen molar-refractivity contribution in [3.05, 3.63) is 87.1 Å². The first-order chi connectivity index (χ1) is 15.7. The van der Waals surface area contributed by atoms with Gasteiger partial charge in [0.15, 0.2) is 11.4 Å². The number of amides is 1. The third kappa shape index (κ3) is 5.18. The second kappa shape index (κ2) is 8.49. The lowest BCUT2D eigenvalue weighted by atomic mass is 10.2. The summed E-state index contributed by atoms with van der Waals surface area (Å²) in [5.74, 6) is -0.741. The molecule has 0 saturated heterocycles. The lowest BCUT2D eigenvalue weighted by Crippen LogP contribution is -2.29. The summed E-state index contributed by atoms with van der Waals surface area (Å²) in [5, 5.41) is 2.55. The molecule has 0 unspecified atom stereocenters. The number of carbonyl (C=O) groups excluding carboxylic acids is 1. The van der Waals surface area contributed by atoms with E-state index in [4.69, 9.17) is 4.74 Å². The molecule has 0 aliphatic heterocycles. The van der Waals surface area contributed by atoms with Gasteiger partial charge >= 0.3 is 17.5 Å². The van der Waals surface area contributed by atoms with E-state index in [1.807, 2.05) is 0 Å². The van der Waals surface area contributed by atoms with Gasteiger partial charge in [0.05, 0.1) is 0 Å². The van der Waals surface area contributed by atoms with Crippen LogP contribution in [0.1, 0.15) is 10.4 Å². The molecule has 2 heterocycles. The van der Waals surface area contributed by atoms with Crippen molar-refractivity contribution in [3.8, 4) is 17.2 Å². The van der Waals surface area contributed by atoms with Crippen LogP contribution in [0.15, 0.2) is 70.4 Å². The lowest BCUT2D eigenvalue weighted by molar-refractivity contribution is -0.274. The number of nitrogens with one attached hydrogen (secondary N) is 3. The maximum absolute atomic E-state index is 12.5. The van der Waals surface area contributed by atoms with Crippen LogP contribution in [0.4, 0.5) is 18.9 Å². The fraction of sp³-hybridized carbons (Fsp3) is 0.0476. The van der Waals surface area contributed by atoms with Crippen LogP contribution in [0, 0.1) is 0 Å². The first-order valence-electron chi connectivity index (χ1n) is 9.24. The summed E-state index contributed by atoms with van der Waals surface area (Å²) in [4.78, 5) is 44.3. The Morgan fingerprint density at radius 2 is 1.67 bits per heavy atom. The normalized spacial score (nSPS) is 11.2. The smallest absolute Gasteiger partial charge is 0.455 e. The fourth-order valence-corrected chi connectivity index (χ4v) is 2.88. The number of hydrogen-bond donors (Lipinski definition) is 3. The Hall–Kier alpha value is -4.61. The Morgan fingerprint density at radius 3 is 2.45 bits per heavy atom. The van der Waals surface area contributed by atoms with E-state index in [-0.39, 0.29) is 28.2 Å². The Kier molecular flexibility index (Phi) is 5.56. The highest BCUT2D eigenvalue weighted by atomic mass is 19.4. The minimum absolute atomic E-state index is 0.0512. The Morgan fingerprint density at radius 1 is 0.939 bits per heavy atom. The molecule has 168 valence electrons. The molecule has 2 aromatic heterocycles. The van der Waals surface area contributed by atoms with E-state index < -0.39 is 29.1 Å². The third-order valence-corrected chi connectivity index (χ3v) is 4.24. The van der Waals surface area contributed by atoms with Gasteiger partial charge in [-0.15, -0.1) is 13.2 Å². The molecule has 0 atom stereocenters. The van der Waals surface area contributed by atoms with Crippen LogP contribution >= 0.6 is 0 Å². The summed E-state index contributed by atoms with van der Waals surface area (Å²) in [6.45, 7) is 0. The van der Waals surface area contributed by atoms with Gasteiger partial charge in [-0.25, -0.2) is 4.98 Å². The number of aromatic nitrogens is 3. The van der Waals surface area contributed by atoms with E-state index in [0.29, 0.717) is 5.69 Å². The van der Waals surface area contributed by atoms with Crippen LogP contribution in [0.3, 0.4) is 0 Å². The van der Waals surface area contributed by atoms with Crippen LogP contribution in [0.2, 0.25) is 0 Å². The maximum atomic E-state index is 12.5. The number of H-pyrrole nitrogens is 2. The molecule has 0 spiro atoms. The second-order valence-corrected chi connectivity index (χ2v) is 6.60. The van der Waals surface area contributed by atoms with Gasteiger partial charge in [-0.3, -0.25) is 14.4 Å². The van der Waals surface area contributed by atoms with Crippen molar-refractivity contribution in [3.63, 3.8) is 0 Å². The first kappa shape index (κ1) is 21.6. The molecular weight excluding hydrogens is 445 g/mol. The number of carbonyl (C=O) groups is 1. The Balaban J connectivity index is 1.55. The summed E-state index contributed by atoms with van der Waals surface area (Å²) in [6, 6.07) is 12.3. The Labute approximate surface area is 181 Å². The zero-order valence-electron chi connectivity index (χ0n) is 16.4. The molecule has 0 saturated carbocycles. The number of benzene rings is 2. The molecule has 9 nitrogen and oxygen atoms in total.